The summed E-state index contributed by atoms with van der Waals surface area (Å²) in [6.45, 7) is 4.67. The standard InChI is InChI=1S/C28H34/c1-3-4-22-6-8-23(9-7-22)10-11-24-12-15-25(16-13-24)27-18-17-26-19-21(2)5-14-28(26)20-27/h6-9,12-13,15-16,21,26-28H,3-5,14,17-20H2,1-2H3/t21?,26-,27-,28-/m1/s1. The Morgan fingerprint density at radius 3 is 2.04 bits per heavy atom. The van der Waals surface area contributed by atoms with Gasteiger partial charge in [0.1, 0.15) is 0 Å². The van der Waals surface area contributed by atoms with Crippen LogP contribution in [0, 0.1) is 29.6 Å². The lowest BCUT2D eigenvalue weighted by molar-refractivity contribution is 0.124. The second-order valence-electron chi connectivity index (χ2n) is 9.27. The van der Waals surface area contributed by atoms with Gasteiger partial charge in [-0.1, -0.05) is 62.8 Å². The van der Waals surface area contributed by atoms with Crippen molar-refractivity contribution in [3.8, 4) is 11.8 Å². The average molecular weight is 371 g/mol. The Kier molecular flexibility index (Phi) is 6.21. The number of benzene rings is 2. The molecular weight excluding hydrogens is 336 g/mol. The van der Waals surface area contributed by atoms with E-state index in [4.69, 9.17) is 0 Å². The molecule has 2 aliphatic rings. The zero-order chi connectivity index (χ0) is 19.3. The second kappa shape index (κ2) is 9.00. The summed E-state index contributed by atoms with van der Waals surface area (Å²) in [5.41, 5.74) is 5.17. The van der Waals surface area contributed by atoms with Gasteiger partial charge in [-0.15, -0.1) is 0 Å². The first kappa shape index (κ1) is 19.3. The van der Waals surface area contributed by atoms with Gasteiger partial charge in [-0.05, 0) is 97.6 Å². The third-order valence-corrected chi connectivity index (χ3v) is 7.10. The maximum absolute atomic E-state index is 3.34. The van der Waals surface area contributed by atoms with E-state index in [0.717, 1.165) is 41.2 Å². The van der Waals surface area contributed by atoms with Crippen LogP contribution in [0.25, 0.3) is 0 Å². The molecule has 1 unspecified atom stereocenters. The molecule has 0 radical (unpaired) electrons. The lowest BCUT2D eigenvalue weighted by atomic mass is 9.64. The summed E-state index contributed by atoms with van der Waals surface area (Å²) in [7, 11) is 0. The molecule has 0 saturated heterocycles. The molecule has 0 amide bonds. The van der Waals surface area contributed by atoms with Crippen molar-refractivity contribution in [3.63, 3.8) is 0 Å². The fourth-order valence-electron chi connectivity index (χ4n) is 5.45. The van der Waals surface area contributed by atoms with Crippen LogP contribution in [-0.2, 0) is 6.42 Å². The Balaban J connectivity index is 1.38. The van der Waals surface area contributed by atoms with Crippen molar-refractivity contribution in [1.29, 1.82) is 0 Å². The van der Waals surface area contributed by atoms with Crippen LogP contribution in [0.1, 0.15) is 87.0 Å². The lowest BCUT2D eigenvalue weighted by Gasteiger charge is -2.41. The molecule has 4 rings (SSSR count). The minimum atomic E-state index is 0.766. The topological polar surface area (TPSA) is 0 Å². The van der Waals surface area contributed by atoms with Gasteiger partial charge in [-0.3, -0.25) is 0 Å². The molecule has 0 N–H and O–H groups in total. The van der Waals surface area contributed by atoms with E-state index in [-0.39, 0.29) is 0 Å². The molecule has 4 atom stereocenters. The van der Waals surface area contributed by atoms with Crippen LogP contribution >= 0.6 is 0 Å². The molecule has 146 valence electrons. The maximum Gasteiger partial charge on any atom is 0.0249 e. The number of hydrogen-bond donors (Lipinski definition) is 0. The van der Waals surface area contributed by atoms with Gasteiger partial charge < -0.3 is 0 Å². The smallest absolute Gasteiger partial charge is 0.0249 e. The molecular formula is C28H34. The van der Waals surface area contributed by atoms with E-state index in [0.29, 0.717) is 0 Å². The van der Waals surface area contributed by atoms with Crippen molar-refractivity contribution in [3.05, 3.63) is 70.8 Å². The van der Waals surface area contributed by atoms with Crippen LogP contribution in [0.3, 0.4) is 0 Å². The Hall–Kier alpha value is -2.00. The highest BCUT2D eigenvalue weighted by molar-refractivity contribution is 5.44. The minimum Gasteiger partial charge on any atom is -0.0651 e. The first-order chi connectivity index (χ1) is 13.7. The average Bonchev–Trinajstić information content (AvgIpc) is 2.73. The van der Waals surface area contributed by atoms with Crippen LogP contribution in [-0.4, -0.2) is 0 Å². The maximum atomic E-state index is 3.34. The van der Waals surface area contributed by atoms with Crippen molar-refractivity contribution in [1.82, 2.24) is 0 Å². The Morgan fingerprint density at radius 2 is 1.36 bits per heavy atom. The van der Waals surface area contributed by atoms with Crippen LogP contribution in [0.2, 0.25) is 0 Å². The molecule has 2 aromatic rings. The molecule has 0 spiro atoms. The van der Waals surface area contributed by atoms with Crippen LogP contribution in [0.5, 0.6) is 0 Å². The van der Waals surface area contributed by atoms with E-state index in [9.17, 15) is 0 Å². The van der Waals surface area contributed by atoms with Crippen molar-refractivity contribution in [2.75, 3.05) is 0 Å². The highest BCUT2D eigenvalue weighted by Gasteiger charge is 2.34. The van der Waals surface area contributed by atoms with Gasteiger partial charge in [0.05, 0.1) is 0 Å². The van der Waals surface area contributed by atoms with Crippen molar-refractivity contribution < 1.29 is 0 Å². The normalized spacial score (nSPS) is 26.8. The van der Waals surface area contributed by atoms with Gasteiger partial charge in [-0.2, -0.15) is 0 Å². The third kappa shape index (κ3) is 4.70. The van der Waals surface area contributed by atoms with Gasteiger partial charge in [0.15, 0.2) is 0 Å². The quantitative estimate of drug-likeness (QED) is 0.495. The summed E-state index contributed by atoms with van der Waals surface area (Å²) in [4.78, 5) is 0. The summed E-state index contributed by atoms with van der Waals surface area (Å²) in [6, 6.07) is 17.8. The monoisotopic (exact) mass is 370 g/mol. The van der Waals surface area contributed by atoms with Gasteiger partial charge in [-0.25, -0.2) is 0 Å². The number of rotatable bonds is 3. The molecule has 0 bridgehead atoms. The van der Waals surface area contributed by atoms with Crippen LogP contribution in [0.4, 0.5) is 0 Å². The molecule has 2 aliphatic carbocycles. The summed E-state index contributed by atoms with van der Waals surface area (Å²) < 4.78 is 0. The Labute approximate surface area is 171 Å². The van der Waals surface area contributed by atoms with Crippen molar-refractivity contribution in [2.24, 2.45) is 17.8 Å². The molecule has 0 heterocycles. The minimum absolute atomic E-state index is 0.766. The summed E-state index contributed by atoms with van der Waals surface area (Å²) in [5, 5.41) is 0. The van der Waals surface area contributed by atoms with E-state index in [1.807, 2.05) is 0 Å². The molecule has 0 heteroatoms. The van der Waals surface area contributed by atoms with Gasteiger partial charge in [0.2, 0.25) is 0 Å². The third-order valence-electron chi connectivity index (χ3n) is 7.10. The van der Waals surface area contributed by atoms with Crippen molar-refractivity contribution in [2.45, 2.75) is 71.1 Å². The molecule has 2 saturated carbocycles. The van der Waals surface area contributed by atoms with E-state index >= 15 is 0 Å². The van der Waals surface area contributed by atoms with Crippen LogP contribution in [0.15, 0.2) is 48.5 Å². The van der Waals surface area contributed by atoms with Crippen LogP contribution < -0.4 is 0 Å². The molecule has 0 aliphatic heterocycles. The fraction of sp³-hybridized carbons (Fsp3) is 0.500. The Morgan fingerprint density at radius 1 is 0.750 bits per heavy atom. The predicted molar refractivity (Wildman–Crippen MR) is 119 cm³/mol. The van der Waals surface area contributed by atoms with E-state index in [1.165, 1.54) is 56.1 Å². The largest absolute Gasteiger partial charge is 0.0651 e. The van der Waals surface area contributed by atoms with E-state index in [1.54, 1.807) is 0 Å². The summed E-state index contributed by atoms with van der Waals surface area (Å²) in [6.07, 6.45) is 11.0. The SMILES string of the molecule is CCCc1ccc(C#Cc2ccc([C@@H]3CC[C@@H]4CC(C)CC[C@@H]4C3)cc2)cc1. The van der Waals surface area contributed by atoms with Gasteiger partial charge >= 0.3 is 0 Å². The first-order valence-corrected chi connectivity index (χ1v) is 11.4. The zero-order valence-electron chi connectivity index (χ0n) is 17.6. The molecule has 2 fully saturated rings. The zero-order valence-corrected chi connectivity index (χ0v) is 17.6. The summed E-state index contributed by atoms with van der Waals surface area (Å²) >= 11 is 0. The lowest BCUT2D eigenvalue weighted by Crippen LogP contribution is -2.29. The first-order valence-electron chi connectivity index (χ1n) is 11.4. The summed E-state index contributed by atoms with van der Waals surface area (Å²) in [5.74, 6) is 10.4. The number of hydrogen-bond acceptors (Lipinski definition) is 0. The predicted octanol–water partition coefficient (Wildman–Crippen LogP) is 7.36. The molecule has 0 aromatic heterocycles. The highest BCUT2D eigenvalue weighted by atomic mass is 14.4. The van der Waals surface area contributed by atoms with Gasteiger partial charge in [0, 0.05) is 11.1 Å². The molecule has 2 aromatic carbocycles. The van der Waals surface area contributed by atoms with E-state index in [2.05, 4.69) is 74.2 Å². The number of fused-ring (bicyclic) bond motifs is 1. The van der Waals surface area contributed by atoms with E-state index < -0.39 is 0 Å². The second-order valence-corrected chi connectivity index (χ2v) is 9.27. The molecule has 28 heavy (non-hydrogen) atoms. The fourth-order valence-corrected chi connectivity index (χ4v) is 5.45. The highest BCUT2D eigenvalue weighted by Crippen LogP contribution is 2.47. The Bertz CT molecular complexity index is 815. The van der Waals surface area contributed by atoms with Crippen molar-refractivity contribution >= 4 is 0 Å². The molecule has 0 nitrogen and oxygen atoms in total. The van der Waals surface area contributed by atoms with Gasteiger partial charge in [0.25, 0.3) is 0 Å². The number of aryl methyl sites for hydroxylation is 1.